The summed E-state index contributed by atoms with van der Waals surface area (Å²) < 4.78 is 0. The Bertz CT molecular complexity index is 621. The molecule has 125 valence electrons. The van der Waals surface area contributed by atoms with Crippen molar-refractivity contribution in [2.24, 2.45) is 5.92 Å². The maximum Gasteiger partial charge on any atom is 0.272 e. The number of aryl methyl sites for hydroxylation is 1. The van der Waals surface area contributed by atoms with Crippen molar-refractivity contribution in [3.8, 4) is 0 Å². The molecule has 0 saturated carbocycles. The maximum absolute atomic E-state index is 12.5. The molecule has 3 heteroatoms. The van der Waals surface area contributed by atoms with Gasteiger partial charge < -0.3 is 5.32 Å². The summed E-state index contributed by atoms with van der Waals surface area (Å²) in [7, 11) is 0. The van der Waals surface area contributed by atoms with Crippen LogP contribution in [0.25, 0.3) is 0 Å². The minimum atomic E-state index is -0.0840. The third-order valence-corrected chi connectivity index (χ3v) is 4.75. The van der Waals surface area contributed by atoms with Gasteiger partial charge in [-0.05, 0) is 62.4 Å². The van der Waals surface area contributed by atoms with E-state index in [1.165, 1.54) is 12.0 Å². The number of hydrogen-bond donors (Lipinski definition) is 1. The predicted molar refractivity (Wildman–Crippen MR) is 97.1 cm³/mol. The number of nitrogens with zero attached hydrogens (tertiary/aromatic N) is 1. The molecule has 1 aliphatic rings. The second kappa shape index (κ2) is 8.65. The number of piperidine rings is 1. The number of rotatable bonds is 6. The normalized spacial score (nSPS) is 18.8. The average molecular weight is 321 g/mol. The fourth-order valence-electron chi connectivity index (χ4n) is 3.38. The SMILES string of the molecule is O=C([N]C(CCc1ccccc1)C1CCCNC1)c1ccccc1. The molecule has 2 aromatic carbocycles. The summed E-state index contributed by atoms with van der Waals surface area (Å²) in [6.07, 6.45) is 4.21. The zero-order valence-electron chi connectivity index (χ0n) is 14.0. The van der Waals surface area contributed by atoms with E-state index < -0.39 is 0 Å². The summed E-state index contributed by atoms with van der Waals surface area (Å²) >= 11 is 0. The van der Waals surface area contributed by atoms with Crippen LogP contribution in [0.15, 0.2) is 60.7 Å². The Morgan fingerprint density at radius 2 is 1.79 bits per heavy atom. The molecule has 1 radical (unpaired) electrons. The Morgan fingerprint density at radius 1 is 1.08 bits per heavy atom. The van der Waals surface area contributed by atoms with Gasteiger partial charge in [0.05, 0.1) is 6.04 Å². The molecule has 3 nitrogen and oxygen atoms in total. The first kappa shape index (κ1) is 16.7. The third-order valence-electron chi connectivity index (χ3n) is 4.75. The molecule has 24 heavy (non-hydrogen) atoms. The van der Waals surface area contributed by atoms with Gasteiger partial charge in [-0.3, -0.25) is 4.79 Å². The van der Waals surface area contributed by atoms with Crippen LogP contribution in [0.4, 0.5) is 0 Å². The first-order valence-electron chi connectivity index (χ1n) is 8.88. The Morgan fingerprint density at radius 3 is 2.46 bits per heavy atom. The molecule has 2 aromatic rings. The van der Waals surface area contributed by atoms with E-state index in [0.717, 1.165) is 32.4 Å². The number of amides is 1. The van der Waals surface area contributed by atoms with Crippen molar-refractivity contribution in [1.82, 2.24) is 10.6 Å². The summed E-state index contributed by atoms with van der Waals surface area (Å²) in [6, 6.07) is 20.0. The molecule has 1 aliphatic heterocycles. The lowest BCUT2D eigenvalue weighted by molar-refractivity contribution is 0.0905. The van der Waals surface area contributed by atoms with E-state index in [-0.39, 0.29) is 11.9 Å². The number of carbonyl (C=O) groups excluding carboxylic acids is 1. The molecule has 0 bridgehead atoms. The third kappa shape index (κ3) is 4.68. The van der Waals surface area contributed by atoms with Gasteiger partial charge in [-0.15, -0.1) is 0 Å². The van der Waals surface area contributed by atoms with E-state index in [0.29, 0.717) is 11.5 Å². The van der Waals surface area contributed by atoms with Crippen LogP contribution in [0.3, 0.4) is 0 Å². The first-order valence-corrected chi connectivity index (χ1v) is 8.88. The predicted octanol–water partition coefficient (Wildman–Crippen LogP) is 3.43. The van der Waals surface area contributed by atoms with Crippen molar-refractivity contribution in [2.45, 2.75) is 31.7 Å². The number of hydrogen-bond acceptors (Lipinski definition) is 2. The lowest BCUT2D eigenvalue weighted by atomic mass is 9.87. The fraction of sp³-hybridized carbons (Fsp3) is 0.381. The second-order valence-corrected chi connectivity index (χ2v) is 6.50. The number of benzene rings is 2. The van der Waals surface area contributed by atoms with Gasteiger partial charge in [-0.2, -0.15) is 0 Å². The molecular weight excluding hydrogens is 296 g/mol. The molecule has 2 atom stereocenters. The van der Waals surface area contributed by atoms with Gasteiger partial charge in [-0.1, -0.05) is 48.5 Å². The highest BCUT2D eigenvalue weighted by molar-refractivity contribution is 5.94. The highest BCUT2D eigenvalue weighted by Gasteiger charge is 2.26. The minimum absolute atomic E-state index is 0.0840. The zero-order chi connectivity index (χ0) is 16.6. The number of nitrogens with one attached hydrogen (secondary N) is 1. The topological polar surface area (TPSA) is 43.2 Å². The van der Waals surface area contributed by atoms with Gasteiger partial charge in [0.15, 0.2) is 0 Å². The van der Waals surface area contributed by atoms with Crippen LogP contribution in [-0.4, -0.2) is 25.0 Å². The van der Waals surface area contributed by atoms with Crippen LogP contribution in [0, 0.1) is 5.92 Å². The molecule has 2 unspecified atom stereocenters. The summed E-state index contributed by atoms with van der Waals surface area (Å²) in [5, 5.41) is 8.06. The van der Waals surface area contributed by atoms with Gasteiger partial charge >= 0.3 is 0 Å². The summed E-state index contributed by atoms with van der Waals surface area (Å²) in [5.41, 5.74) is 2.00. The standard InChI is InChI=1S/C21H25N2O/c24-21(18-10-5-2-6-11-18)23-20(19-12-7-15-22-16-19)14-13-17-8-3-1-4-9-17/h1-6,8-11,19-20,22H,7,12-16H2. The van der Waals surface area contributed by atoms with E-state index in [1.54, 1.807) is 0 Å². The molecule has 1 N–H and O–H groups in total. The van der Waals surface area contributed by atoms with Crippen molar-refractivity contribution in [1.29, 1.82) is 0 Å². The Hall–Kier alpha value is -2.13. The molecule has 0 aliphatic carbocycles. The van der Waals surface area contributed by atoms with E-state index in [4.69, 9.17) is 0 Å². The molecule has 3 rings (SSSR count). The Labute approximate surface area is 144 Å². The van der Waals surface area contributed by atoms with Gasteiger partial charge in [0, 0.05) is 5.56 Å². The van der Waals surface area contributed by atoms with Gasteiger partial charge in [0.2, 0.25) is 0 Å². The van der Waals surface area contributed by atoms with Gasteiger partial charge in [0.25, 0.3) is 5.91 Å². The monoisotopic (exact) mass is 321 g/mol. The highest BCUT2D eigenvalue weighted by atomic mass is 16.1. The number of carbonyl (C=O) groups is 1. The van der Waals surface area contributed by atoms with Crippen molar-refractivity contribution >= 4 is 5.91 Å². The van der Waals surface area contributed by atoms with Crippen LogP contribution in [0.2, 0.25) is 0 Å². The second-order valence-electron chi connectivity index (χ2n) is 6.50. The fourth-order valence-corrected chi connectivity index (χ4v) is 3.38. The quantitative estimate of drug-likeness (QED) is 0.886. The molecule has 1 amide bonds. The molecule has 1 heterocycles. The zero-order valence-corrected chi connectivity index (χ0v) is 14.0. The van der Waals surface area contributed by atoms with Gasteiger partial charge in [0.1, 0.15) is 0 Å². The Kier molecular flexibility index (Phi) is 6.02. The van der Waals surface area contributed by atoms with Crippen molar-refractivity contribution in [3.63, 3.8) is 0 Å². The first-order chi connectivity index (χ1) is 11.8. The highest BCUT2D eigenvalue weighted by Crippen LogP contribution is 2.20. The van der Waals surface area contributed by atoms with Crippen LogP contribution in [-0.2, 0) is 6.42 Å². The van der Waals surface area contributed by atoms with Crippen LogP contribution < -0.4 is 10.6 Å². The largest absolute Gasteiger partial charge is 0.316 e. The maximum atomic E-state index is 12.5. The summed E-state index contributed by atoms with van der Waals surface area (Å²) in [4.78, 5) is 12.5. The smallest absolute Gasteiger partial charge is 0.272 e. The summed E-state index contributed by atoms with van der Waals surface area (Å²) in [5.74, 6) is 0.370. The Balaban J connectivity index is 1.66. The molecule has 0 spiro atoms. The van der Waals surface area contributed by atoms with E-state index in [1.807, 2.05) is 36.4 Å². The lowest BCUT2D eigenvalue weighted by Crippen LogP contribution is -2.43. The summed E-state index contributed by atoms with van der Waals surface area (Å²) in [6.45, 7) is 2.04. The minimum Gasteiger partial charge on any atom is -0.316 e. The van der Waals surface area contributed by atoms with Crippen molar-refractivity contribution in [2.75, 3.05) is 13.1 Å². The van der Waals surface area contributed by atoms with Crippen LogP contribution >= 0.6 is 0 Å². The molecule has 1 saturated heterocycles. The van der Waals surface area contributed by atoms with Crippen LogP contribution in [0.5, 0.6) is 0 Å². The molecular formula is C21H25N2O. The van der Waals surface area contributed by atoms with Crippen LogP contribution in [0.1, 0.15) is 35.2 Å². The van der Waals surface area contributed by atoms with Crippen molar-refractivity contribution in [3.05, 3.63) is 71.8 Å². The van der Waals surface area contributed by atoms with Gasteiger partial charge in [-0.25, -0.2) is 5.32 Å². The van der Waals surface area contributed by atoms with E-state index in [9.17, 15) is 4.79 Å². The molecule has 1 fully saturated rings. The van der Waals surface area contributed by atoms with Crippen molar-refractivity contribution < 1.29 is 4.79 Å². The molecule has 0 aromatic heterocycles. The van der Waals surface area contributed by atoms with E-state index >= 15 is 0 Å². The lowest BCUT2D eigenvalue weighted by Gasteiger charge is -2.30. The van der Waals surface area contributed by atoms with E-state index in [2.05, 4.69) is 34.9 Å². The average Bonchev–Trinajstić information content (AvgIpc) is 2.67.